The summed E-state index contributed by atoms with van der Waals surface area (Å²) in [4.78, 5) is 24.0. The van der Waals surface area contributed by atoms with Crippen molar-refractivity contribution in [1.29, 1.82) is 0 Å². The molecule has 0 radical (unpaired) electrons. The predicted molar refractivity (Wildman–Crippen MR) is 100 cm³/mol. The topological polar surface area (TPSA) is 86.2 Å². The third-order valence-corrected chi connectivity index (χ3v) is 3.65. The maximum Gasteiger partial charge on any atom is 0.412 e. The molecular formula is C19H26N4O3. The van der Waals surface area contributed by atoms with E-state index in [2.05, 4.69) is 52.7 Å². The largest absolute Gasteiger partial charge is 0.490 e. The van der Waals surface area contributed by atoms with Crippen LogP contribution in [0.15, 0.2) is 30.7 Å². The van der Waals surface area contributed by atoms with Gasteiger partial charge in [0.1, 0.15) is 5.82 Å². The smallest absolute Gasteiger partial charge is 0.412 e. The third kappa shape index (κ3) is 5.98. The first-order chi connectivity index (χ1) is 12.3. The summed E-state index contributed by atoms with van der Waals surface area (Å²) in [6.07, 6.45) is 5.38. The van der Waals surface area contributed by atoms with Gasteiger partial charge < -0.3 is 9.47 Å². The maximum absolute atomic E-state index is 11.3. The van der Waals surface area contributed by atoms with Crippen LogP contribution in [0.3, 0.4) is 0 Å². The number of carbonyl (C=O) groups is 1. The molecule has 0 spiro atoms. The second-order valence-electron chi connectivity index (χ2n) is 7.34. The standard InChI is InChI=1S/C19H26N4O3/c1-13(2)9-19(3,4)12-26-15-10-21-17(22-11-15)14-6-7-20-16(8-14)23-18(24)25-5/h6-8,10-11,13H,9,12H2,1-5H3,(H,20,23,24). The summed E-state index contributed by atoms with van der Waals surface area (Å²) in [5.74, 6) is 2.14. The van der Waals surface area contributed by atoms with Gasteiger partial charge >= 0.3 is 6.09 Å². The van der Waals surface area contributed by atoms with Crippen LogP contribution in [-0.2, 0) is 4.74 Å². The predicted octanol–water partition coefficient (Wildman–Crippen LogP) is 4.17. The number of ether oxygens (including phenoxy) is 2. The van der Waals surface area contributed by atoms with Crippen molar-refractivity contribution in [3.63, 3.8) is 0 Å². The van der Waals surface area contributed by atoms with E-state index >= 15 is 0 Å². The summed E-state index contributed by atoms with van der Waals surface area (Å²) in [7, 11) is 1.30. The second kappa shape index (κ2) is 8.60. The van der Waals surface area contributed by atoms with E-state index in [-0.39, 0.29) is 5.41 Å². The van der Waals surface area contributed by atoms with E-state index in [1.165, 1.54) is 7.11 Å². The number of pyridine rings is 1. The Bertz CT molecular complexity index is 730. The van der Waals surface area contributed by atoms with Crippen LogP contribution in [0.2, 0.25) is 0 Å². The number of anilines is 1. The summed E-state index contributed by atoms with van der Waals surface area (Å²) in [6.45, 7) is 9.40. The Morgan fingerprint density at radius 2 is 1.92 bits per heavy atom. The van der Waals surface area contributed by atoms with Gasteiger partial charge in [0.05, 0.1) is 26.1 Å². The van der Waals surface area contributed by atoms with E-state index in [9.17, 15) is 4.79 Å². The van der Waals surface area contributed by atoms with E-state index in [0.29, 0.717) is 29.9 Å². The SMILES string of the molecule is COC(=O)Nc1cc(-c2ncc(OCC(C)(C)CC(C)C)cn2)ccn1. The van der Waals surface area contributed by atoms with Gasteiger partial charge in [0.2, 0.25) is 0 Å². The molecule has 2 aromatic rings. The minimum Gasteiger partial charge on any atom is -0.490 e. The Hall–Kier alpha value is -2.70. The number of nitrogens with zero attached hydrogens (tertiary/aromatic N) is 3. The molecule has 140 valence electrons. The highest BCUT2D eigenvalue weighted by Crippen LogP contribution is 2.26. The number of hydrogen-bond acceptors (Lipinski definition) is 6. The number of nitrogens with one attached hydrogen (secondary N) is 1. The van der Waals surface area contributed by atoms with E-state index in [1.54, 1.807) is 30.7 Å². The molecular weight excluding hydrogens is 332 g/mol. The van der Waals surface area contributed by atoms with Gasteiger partial charge in [-0.05, 0) is 29.9 Å². The highest BCUT2D eigenvalue weighted by Gasteiger charge is 2.20. The second-order valence-corrected chi connectivity index (χ2v) is 7.34. The molecule has 2 aromatic heterocycles. The summed E-state index contributed by atoms with van der Waals surface area (Å²) in [5.41, 5.74) is 0.824. The molecule has 26 heavy (non-hydrogen) atoms. The zero-order valence-corrected chi connectivity index (χ0v) is 15.9. The highest BCUT2D eigenvalue weighted by atomic mass is 16.5. The summed E-state index contributed by atoms with van der Waals surface area (Å²) >= 11 is 0. The van der Waals surface area contributed by atoms with Crippen LogP contribution < -0.4 is 10.1 Å². The molecule has 0 saturated heterocycles. The molecule has 0 aliphatic rings. The Kier molecular flexibility index (Phi) is 6.49. The molecule has 1 N–H and O–H groups in total. The molecule has 2 heterocycles. The van der Waals surface area contributed by atoms with Crippen LogP contribution in [0.4, 0.5) is 10.6 Å². The van der Waals surface area contributed by atoms with Crippen LogP contribution in [0, 0.1) is 11.3 Å². The summed E-state index contributed by atoms with van der Waals surface area (Å²) < 4.78 is 10.4. The summed E-state index contributed by atoms with van der Waals surface area (Å²) in [5, 5.41) is 2.51. The Morgan fingerprint density at radius 1 is 1.23 bits per heavy atom. The van der Waals surface area contributed by atoms with Crippen LogP contribution in [0.25, 0.3) is 11.4 Å². The molecule has 0 aliphatic carbocycles. The molecule has 0 saturated carbocycles. The fourth-order valence-corrected chi connectivity index (χ4v) is 2.78. The van der Waals surface area contributed by atoms with Gasteiger partial charge in [0.25, 0.3) is 0 Å². The lowest BCUT2D eigenvalue weighted by Gasteiger charge is -2.26. The number of rotatable bonds is 7. The lowest BCUT2D eigenvalue weighted by atomic mass is 9.85. The van der Waals surface area contributed by atoms with E-state index in [4.69, 9.17) is 4.74 Å². The molecule has 1 amide bonds. The Balaban J connectivity index is 2.03. The lowest BCUT2D eigenvalue weighted by Crippen LogP contribution is -2.23. The van der Waals surface area contributed by atoms with Crippen molar-refractivity contribution in [2.75, 3.05) is 19.0 Å². The van der Waals surface area contributed by atoms with Gasteiger partial charge in [-0.25, -0.2) is 19.7 Å². The quantitative estimate of drug-likeness (QED) is 0.799. The van der Waals surface area contributed by atoms with Crippen molar-refractivity contribution in [1.82, 2.24) is 15.0 Å². The molecule has 0 atom stereocenters. The molecule has 7 nitrogen and oxygen atoms in total. The van der Waals surface area contributed by atoms with E-state index < -0.39 is 6.09 Å². The van der Waals surface area contributed by atoms with Crippen molar-refractivity contribution < 1.29 is 14.3 Å². The number of amides is 1. The normalized spacial score (nSPS) is 11.3. The first-order valence-corrected chi connectivity index (χ1v) is 8.55. The molecule has 2 rings (SSSR count). The minimum absolute atomic E-state index is 0.0897. The third-order valence-electron chi connectivity index (χ3n) is 3.65. The number of carbonyl (C=O) groups excluding carboxylic acids is 1. The number of hydrogen-bond donors (Lipinski definition) is 1. The number of aromatic nitrogens is 3. The van der Waals surface area contributed by atoms with Crippen molar-refractivity contribution in [3.05, 3.63) is 30.7 Å². The van der Waals surface area contributed by atoms with Gasteiger partial charge in [-0.2, -0.15) is 0 Å². The average molecular weight is 358 g/mol. The van der Waals surface area contributed by atoms with Crippen molar-refractivity contribution in [2.45, 2.75) is 34.1 Å². The summed E-state index contributed by atoms with van der Waals surface area (Å²) in [6, 6.07) is 3.45. The van der Waals surface area contributed by atoms with Crippen molar-refractivity contribution in [3.8, 4) is 17.1 Å². The molecule has 0 aliphatic heterocycles. The number of methoxy groups -OCH3 is 1. The molecule has 0 aromatic carbocycles. The Labute approximate surface area is 154 Å². The van der Waals surface area contributed by atoms with Gasteiger partial charge in [-0.3, -0.25) is 5.32 Å². The first kappa shape index (κ1) is 19.6. The van der Waals surface area contributed by atoms with E-state index in [0.717, 1.165) is 12.0 Å². The zero-order chi connectivity index (χ0) is 19.2. The minimum atomic E-state index is -0.580. The molecule has 7 heteroatoms. The van der Waals surface area contributed by atoms with Gasteiger partial charge in [0, 0.05) is 11.8 Å². The Morgan fingerprint density at radius 3 is 2.54 bits per heavy atom. The van der Waals surface area contributed by atoms with Gasteiger partial charge in [0.15, 0.2) is 11.6 Å². The fourth-order valence-electron chi connectivity index (χ4n) is 2.78. The lowest BCUT2D eigenvalue weighted by molar-refractivity contribution is 0.153. The molecule has 0 fully saturated rings. The average Bonchev–Trinajstić information content (AvgIpc) is 2.59. The van der Waals surface area contributed by atoms with E-state index in [1.807, 2.05) is 0 Å². The fraction of sp³-hybridized carbons (Fsp3) is 0.474. The zero-order valence-electron chi connectivity index (χ0n) is 15.9. The van der Waals surface area contributed by atoms with Gasteiger partial charge in [-0.15, -0.1) is 0 Å². The van der Waals surface area contributed by atoms with Crippen molar-refractivity contribution >= 4 is 11.9 Å². The van der Waals surface area contributed by atoms with Crippen LogP contribution in [-0.4, -0.2) is 34.8 Å². The van der Waals surface area contributed by atoms with Crippen LogP contribution in [0.1, 0.15) is 34.1 Å². The maximum atomic E-state index is 11.3. The molecule has 0 unspecified atom stereocenters. The monoisotopic (exact) mass is 358 g/mol. The molecule has 0 bridgehead atoms. The van der Waals surface area contributed by atoms with Crippen LogP contribution in [0.5, 0.6) is 5.75 Å². The highest BCUT2D eigenvalue weighted by molar-refractivity contribution is 5.83. The van der Waals surface area contributed by atoms with Gasteiger partial charge in [-0.1, -0.05) is 27.7 Å². The van der Waals surface area contributed by atoms with Crippen molar-refractivity contribution in [2.24, 2.45) is 11.3 Å². The van der Waals surface area contributed by atoms with Crippen LogP contribution >= 0.6 is 0 Å². The first-order valence-electron chi connectivity index (χ1n) is 8.55.